The summed E-state index contributed by atoms with van der Waals surface area (Å²) in [4.78, 5) is 34.0. The number of carbonyl (C=O) groups is 2. The molecule has 0 radical (unpaired) electrons. The number of benzene rings is 1. The number of nitrogens with zero attached hydrogens (tertiary/aromatic N) is 1. The van der Waals surface area contributed by atoms with Crippen LogP contribution in [0.4, 0.5) is 5.69 Å². The lowest BCUT2D eigenvalue weighted by Gasteiger charge is -1.99. The van der Waals surface area contributed by atoms with Crippen LogP contribution in [-0.4, -0.2) is 23.3 Å². The lowest BCUT2D eigenvalue weighted by atomic mass is 10.2. The summed E-state index contributed by atoms with van der Waals surface area (Å²) in [6.45, 7) is -0.356. The monoisotopic (exact) mass is 395 g/mol. The van der Waals surface area contributed by atoms with Crippen molar-refractivity contribution >= 4 is 50.8 Å². The molecular formula is C15H10BrNO5S. The van der Waals surface area contributed by atoms with E-state index in [4.69, 9.17) is 4.74 Å². The molecule has 0 N–H and O–H groups in total. The van der Waals surface area contributed by atoms with Crippen LogP contribution in [0.1, 0.15) is 15.2 Å². The lowest BCUT2D eigenvalue weighted by Crippen LogP contribution is -2.11. The summed E-state index contributed by atoms with van der Waals surface area (Å²) in [6, 6.07) is 9.20. The molecule has 2 rings (SSSR count). The zero-order valence-electron chi connectivity index (χ0n) is 11.6. The maximum atomic E-state index is 11.8. The highest BCUT2D eigenvalue weighted by molar-refractivity contribution is 9.11. The van der Waals surface area contributed by atoms with Gasteiger partial charge in [0.2, 0.25) is 5.78 Å². The van der Waals surface area contributed by atoms with E-state index in [1.165, 1.54) is 35.6 Å². The fraction of sp³-hybridized carbons (Fsp3) is 0.0667. The fourth-order valence-corrected chi connectivity index (χ4v) is 2.94. The molecule has 0 fully saturated rings. The third kappa shape index (κ3) is 5.11. The number of non-ortho nitro benzene ring substituents is 1. The van der Waals surface area contributed by atoms with Crippen molar-refractivity contribution < 1.29 is 19.2 Å². The van der Waals surface area contributed by atoms with Crippen molar-refractivity contribution in [3.8, 4) is 0 Å². The van der Waals surface area contributed by atoms with Crippen molar-refractivity contribution in [2.75, 3.05) is 6.61 Å². The maximum absolute atomic E-state index is 11.8. The minimum absolute atomic E-state index is 0.0704. The molecule has 118 valence electrons. The zero-order chi connectivity index (χ0) is 16.8. The Kier molecular flexibility index (Phi) is 5.78. The number of hydrogen-bond donors (Lipinski definition) is 0. The predicted octanol–water partition coefficient (Wildman–Crippen LogP) is 3.86. The van der Waals surface area contributed by atoms with Crippen molar-refractivity contribution in [1.29, 1.82) is 0 Å². The van der Waals surface area contributed by atoms with Gasteiger partial charge in [0.1, 0.15) is 0 Å². The van der Waals surface area contributed by atoms with Gasteiger partial charge in [-0.3, -0.25) is 14.9 Å². The summed E-state index contributed by atoms with van der Waals surface area (Å²) in [6.07, 6.45) is 2.51. The molecule has 0 atom stereocenters. The van der Waals surface area contributed by atoms with E-state index in [-0.39, 0.29) is 18.1 Å². The zero-order valence-corrected chi connectivity index (χ0v) is 14.0. The molecule has 0 aliphatic heterocycles. The second-order valence-corrected chi connectivity index (χ2v) is 6.78. The van der Waals surface area contributed by atoms with E-state index in [0.29, 0.717) is 10.4 Å². The van der Waals surface area contributed by atoms with Crippen molar-refractivity contribution in [2.24, 2.45) is 0 Å². The van der Waals surface area contributed by atoms with Gasteiger partial charge in [-0.25, -0.2) is 4.79 Å². The van der Waals surface area contributed by atoms with Crippen molar-refractivity contribution in [1.82, 2.24) is 0 Å². The Balaban J connectivity index is 1.90. The normalized spacial score (nSPS) is 10.7. The van der Waals surface area contributed by atoms with E-state index < -0.39 is 10.9 Å². The first-order chi connectivity index (χ1) is 11.0. The molecule has 6 nitrogen and oxygen atoms in total. The fourth-order valence-electron chi connectivity index (χ4n) is 1.63. The van der Waals surface area contributed by atoms with Gasteiger partial charge in [-0.2, -0.15) is 0 Å². The third-order valence-electron chi connectivity index (χ3n) is 2.69. The van der Waals surface area contributed by atoms with Gasteiger partial charge in [0.05, 0.1) is 13.6 Å². The highest BCUT2D eigenvalue weighted by atomic mass is 79.9. The Bertz CT molecular complexity index is 784. The Morgan fingerprint density at radius 2 is 2.09 bits per heavy atom. The number of halogens is 1. The average Bonchev–Trinajstić information content (AvgIpc) is 2.97. The van der Waals surface area contributed by atoms with E-state index in [2.05, 4.69) is 15.9 Å². The summed E-state index contributed by atoms with van der Waals surface area (Å²) >= 11 is 4.50. The number of nitro groups is 1. The molecule has 2 aromatic rings. The van der Waals surface area contributed by atoms with Crippen LogP contribution >= 0.6 is 27.3 Å². The first-order valence-electron chi connectivity index (χ1n) is 6.33. The number of rotatable bonds is 6. The minimum Gasteiger partial charge on any atom is -0.454 e. The summed E-state index contributed by atoms with van der Waals surface area (Å²) in [5.41, 5.74) is 0.420. The number of carbonyl (C=O) groups excluding carboxylic acids is 2. The van der Waals surface area contributed by atoms with Gasteiger partial charge in [0, 0.05) is 18.2 Å². The molecule has 1 heterocycles. The molecule has 0 bridgehead atoms. The quantitative estimate of drug-likeness (QED) is 0.243. The van der Waals surface area contributed by atoms with Crippen LogP contribution < -0.4 is 0 Å². The summed E-state index contributed by atoms with van der Waals surface area (Å²) in [5.74, 6) is -0.988. The second-order valence-electron chi connectivity index (χ2n) is 4.32. The number of hydrogen-bond acceptors (Lipinski definition) is 6. The van der Waals surface area contributed by atoms with Crippen molar-refractivity contribution in [3.63, 3.8) is 0 Å². The number of thiophene rings is 1. The Morgan fingerprint density at radius 3 is 2.74 bits per heavy atom. The molecule has 0 unspecified atom stereocenters. The van der Waals surface area contributed by atoms with Gasteiger partial charge in [-0.15, -0.1) is 11.3 Å². The second kappa shape index (κ2) is 7.80. The summed E-state index contributed by atoms with van der Waals surface area (Å²) in [7, 11) is 0. The van der Waals surface area contributed by atoms with Crippen LogP contribution in [0.25, 0.3) is 6.08 Å². The minimum atomic E-state index is -0.694. The highest BCUT2D eigenvalue weighted by Crippen LogP contribution is 2.22. The number of Topliss-reactive ketones (excluding diaryl/α,β-unsaturated/α-hetero) is 1. The largest absolute Gasteiger partial charge is 0.454 e. The van der Waals surface area contributed by atoms with Gasteiger partial charge in [-0.1, -0.05) is 12.1 Å². The van der Waals surface area contributed by atoms with Crippen LogP contribution in [0.5, 0.6) is 0 Å². The summed E-state index contributed by atoms with van der Waals surface area (Å²) < 4.78 is 5.67. The van der Waals surface area contributed by atoms with Crippen molar-refractivity contribution in [2.45, 2.75) is 0 Å². The molecular weight excluding hydrogens is 386 g/mol. The van der Waals surface area contributed by atoms with Gasteiger partial charge < -0.3 is 4.74 Å². The first kappa shape index (κ1) is 17.0. The smallest absolute Gasteiger partial charge is 0.331 e. The van der Waals surface area contributed by atoms with E-state index in [1.807, 2.05) is 0 Å². The van der Waals surface area contributed by atoms with Crippen LogP contribution in [0.2, 0.25) is 0 Å². The first-order valence-corrected chi connectivity index (χ1v) is 7.94. The highest BCUT2D eigenvalue weighted by Gasteiger charge is 2.11. The van der Waals surface area contributed by atoms with E-state index in [0.717, 1.165) is 9.86 Å². The van der Waals surface area contributed by atoms with Crippen LogP contribution in [0, 0.1) is 10.1 Å². The Hall–Kier alpha value is -2.32. The Morgan fingerprint density at radius 1 is 1.30 bits per heavy atom. The molecule has 0 amide bonds. The van der Waals surface area contributed by atoms with E-state index in [9.17, 15) is 19.7 Å². The number of nitro benzene ring substituents is 1. The van der Waals surface area contributed by atoms with Crippen molar-refractivity contribution in [3.05, 3.63) is 66.8 Å². The average molecular weight is 396 g/mol. The SMILES string of the molecule is O=C(/C=C/c1cccc([N+](=O)[O-])c1)OCC(=O)c1ccc(Br)s1. The molecule has 8 heteroatoms. The topological polar surface area (TPSA) is 86.5 Å². The molecule has 0 aliphatic rings. The number of esters is 1. The number of ketones is 1. The Labute approximate surface area is 143 Å². The molecule has 0 saturated heterocycles. The standard InChI is InChI=1S/C15H10BrNO5S/c16-14-6-5-13(23-14)12(18)9-22-15(19)7-4-10-2-1-3-11(8-10)17(20)21/h1-8H,9H2/b7-4+. The summed E-state index contributed by atoms with van der Waals surface area (Å²) in [5, 5.41) is 10.7. The van der Waals surface area contributed by atoms with Crippen LogP contribution in [0.15, 0.2) is 46.3 Å². The molecule has 0 spiro atoms. The van der Waals surface area contributed by atoms with Gasteiger partial charge in [0.25, 0.3) is 5.69 Å². The number of ether oxygens (including phenoxy) is 1. The van der Waals surface area contributed by atoms with E-state index >= 15 is 0 Å². The molecule has 0 aliphatic carbocycles. The van der Waals surface area contributed by atoms with E-state index in [1.54, 1.807) is 18.2 Å². The molecule has 1 aromatic heterocycles. The predicted molar refractivity (Wildman–Crippen MR) is 89.4 cm³/mol. The lowest BCUT2D eigenvalue weighted by molar-refractivity contribution is -0.384. The van der Waals surface area contributed by atoms with Gasteiger partial charge in [0.15, 0.2) is 6.61 Å². The maximum Gasteiger partial charge on any atom is 0.331 e. The molecule has 1 aromatic carbocycles. The third-order valence-corrected chi connectivity index (χ3v) is 4.35. The van der Waals surface area contributed by atoms with Crippen LogP contribution in [0.3, 0.4) is 0 Å². The van der Waals surface area contributed by atoms with Gasteiger partial charge >= 0.3 is 5.97 Å². The van der Waals surface area contributed by atoms with Gasteiger partial charge in [-0.05, 0) is 39.7 Å². The molecule has 0 saturated carbocycles. The molecule has 23 heavy (non-hydrogen) atoms. The van der Waals surface area contributed by atoms with Crippen LogP contribution in [-0.2, 0) is 9.53 Å².